The number of nitrogens with zero attached hydrogens (tertiary/aromatic N) is 1. The van der Waals surface area contributed by atoms with Crippen LogP contribution < -0.4 is 0 Å². The Morgan fingerprint density at radius 2 is 1.55 bits per heavy atom. The summed E-state index contributed by atoms with van der Waals surface area (Å²) < 4.78 is 0. The van der Waals surface area contributed by atoms with Crippen molar-refractivity contribution >= 4 is 5.71 Å². The van der Waals surface area contributed by atoms with Crippen molar-refractivity contribution in [3.63, 3.8) is 0 Å². The van der Waals surface area contributed by atoms with Gasteiger partial charge >= 0.3 is 0 Å². The molecule has 0 unspecified atom stereocenters. The van der Waals surface area contributed by atoms with Gasteiger partial charge in [-0.2, -0.15) is 0 Å². The van der Waals surface area contributed by atoms with Crippen LogP contribution in [-0.4, -0.2) is 16.0 Å². The SMILES string of the molecule is CCCCCCCCCCC/C(=N/O)c1ccc(C)cc1O. The van der Waals surface area contributed by atoms with Gasteiger partial charge < -0.3 is 10.3 Å². The maximum absolute atomic E-state index is 9.94. The predicted octanol–water partition coefficient (Wildman–Crippen LogP) is 5.80. The summed E-state index contributed by atoms with van der Waals surface area (Å²) in [4.78, 5) is 0. The number of hydrogen-bond acceptors (Lipinski definition) is 3. The lowest BCUT2D eigenvalue weighted by Crippen LogP contribution is -2.02. The molecule has 1 aromatic rings. The molecule has 0 heterocycles. The molecule has 0 bridgehead atoms. The summed E-state index contributed by atoms with van der Waals surface area (Å²) in [5.74, 6) is 0.198. The minimum absolute atomic E-state index is 0.198. The van der Waals surface area contributed by atoms with Crippen LogP contribution in [0.2, 0.25) is 0 Å². The summed E-state index contributed by atoms with van der Waals surface area (Å²) in [5, 5.41) is 22.5. The Balaban J connectivity index is 2.22. The van der Waals surface area contributed by atoms with Crippen molar-refractivity contribution in [1.82, 2.24) is 0 Å². The first-order chi connectivity index (χ1) is 10.7. The first kappa shape index (κ1) is 18.5. The van der Waals surface area contributed by atoms with Crippen molar-refractivity contribution in [1.29, 1.82) is 0 Å². The number of aromatic hydroxyl groups is 1. The normalized spacial score (nSPS) is 11.8. The number of hydrogen-bond donors (Lipinski definition) is 2. The van der Waals surface area contributed by atoms with E-state index in [1.165, 1.54) is 44.9 Å². The van der Waals surface area contributed by atoms with Gasteiger partial charge in [-0.15, -0.1) is 0 Å². The van der Waals surface area contributed by atoms with Crippen molar-refractivity contribution in [3.8, 4) is 5.75 Å². The second kappa shape index (κ2) is 11.1. The first-order valence-electron chi connectivity index (χ1n) is 8.70. The van der Waals surface area contributed by atoms with Crippen LogP contribution in [0.25, 0.3) is 0 Å². The molecule has 0 aliphatic heterocycles. The highest BCUT2D eigenvalue weighted by atomic mass is 16.4. The van der Waals surface area contributed by atoms with Gasteiger partial charge in [-0.1, -0.05) is 69.5 Å². The third-order valence-corrected chi connectivity index (χ3v) is 4.10. The quantitative estimate of drug-likeness (QED) is 0.235. The predicted molar refractivity (Wildman–Crippen MR) is 93.0 cm³/mol. The fourth-order valence-corrected chi connectivity index (χ4v) is 2.73. The number of unbranched alkanes of at least 4 members (excludes halogenated alkanes) is 8. The average molecular weight is 305 g/mol. The summed E-state index contributed by atoms with van der Waals surface area (Å²) in [6.07, 6.45) is 12.1. The summed E-state index contributed by atoms with van der Waals surface area (Å²) in [5.41, 5.74) is 2.23. The number of aryl methyl sites for hydroxylation is 1. The van der Waals surface area contributed by atoms with Gasteiger partial charge in [-0.05, 0) is 37.5 Å². The lowest BCUT2D eigenvalue weighted by molar-refractivity contribution is 0.317. The first-order valence-corrected chi connectivity index (χ1v) is 8.70. The van der Waals surface area contributed by atoms with Crippen molar-refractivity contribution in [2.24, 2.45) is 5.16 Å². The molecule has 1 aromatic carbocycles. The topological polar surface area (TPSA) is 52.8 Å². The van der Waals surface area contributed by atoms with Crippen molar-refractivity contribution in [2.45, 2.75) is 78.1 Å². The molecule has 124 valence electrons. The second-order valence-corrected chi connectivity index (χ2v) is 6.15. The van der Waals surface area contributed by atoms with E-state index in [1.54, 1.807) is 6.07 Å². The molecule has 1 rings (SSSR count). The van der Waals surface area contributed by atoms with E-state index in [0.29, 0.717) is 17.7 Å². The highest BCUT2D eigenvalue weighted by Gasteiger charge is 2.09. The molecule has 0 radical (unpaired) electrons. The zero-order chi connectivity index (χ0) is 16.2. The molecule has 0 saturated heterocycles. The van der Waals surface area contributed by atoms with Gasteiger partial charge in [-0.3, -0.25) is 0 Å². The fraction of sp³-hybridized carbons (Fsp3) is 0.632. The molecule has 0 aromatic heterocycles. The number of rotatable bonds is 11. The third-order valence-electron chi connectivity index (χ3n) is 4.10. The average Bonchev–Trinajstić information content (AvgIpc) is 2.50. The van der Waals surface area contributed by atoms with Gasteiger partial charge in [-0.25, -0.2) is 0 Å². The molecular weight excluding hydrogens is 274 g/mol. The number of oxime groups is 1. The van der Waals surface area contributed by atoms with Gasteiger partial charge in [0.25, 0.3) is 0 Å². The maximum Gasteiger partial charge on any atom is 0.125 e. The van der Waals surface area contributed by atoms with Crippen LogP contribution in [0.4, 0.5) is 0 Å². The van der Waals surface area contributed by atoms with Crippen molar-refractivity contribution in [3.05, 3.63) is 29.3 Å². The van der Waals surface area contributed by atoms with Crippen LogP contribution >= 0.6 is 0 Å². The minimum atomic E-state index is 0.198. The van der Waals surface area contributed by atoms with Gasteiger partial charge in [0.15, 0.2) is 0 Å². The molecular formula is C19H31NO2. The summed E-state index contributed by atoms with van der Waals surface area (Å²) >= 11 is 0. The number of phenolic OH excluding ortho intramolecular Hbond substituents is 1. The van der Waals surface area contributed by atoms with E-state index < -0.39 is 0 Å². The number of benzene rings is 1. The molecule has 2 N–H and O–H groups in total. The van der Waals surface area contributed by atoms with Crippen molar-refractivity contribution in [2.75, 3.05) is 0 Å². The van der Waals surface area contributed by atoms with Crippen LogP contribution in [0.15, 0.2) is 23.4 Å². The van der Waals surface area contributed by atoms with Gasteiger partial charge in [0.1, 0.15) is 5.75 Å². The van der Waals surface area contributed by atoms with Crippen LogP contribution in [0.5, 0.6) is 5.75 Å². The fourth-order valence-electron chi connectivity index (χ4n) is 2.73. The molecule has 0 spiro atoms. The van der Waals surface area contributed by atoms with Crippen LogP contribution in [0, 0.1) is 6.92 Å². The molecule has 0 saturated carbocycles. The monoisotopic (exact) mass is 305 g/mol. The molecule has 3 nitrogen and oxygen atoms in total. The summed E-state index contributed by atoms with van der Waals surface area (Å²) in [7, 11) is 0. The highest BCUT2D eigenvalue weighted by molar-refractivity contribution is 6.02. The second-order valence-electron chi connectivity index (χ2n) is 6.15. The zero-order valence-electron chi connectivity index (χ0n) is 14.1. The molecule has 0 amide bonds. The van der Waals surface area contributed by atoms with E-state index in [2.05, 4.69) is 12.1 Å². The molecule has 0 atom stereocenters. The Morgan fingerprint density at radius 1 is 0.955 bits per heavy atom. The van der Waals surface area contributed by atoms with E-state index >= 15 is 0 Å². The lowest BCUT2D eigenvalue weighted by Gasteiger charge is -2.08. The highest BCUT2D eigenvalue weighted by Crippen LogP contribution is 2.22. The largest absolute Gasteiger partial charge is 0.507 e. The Morgan fingerprint density at radius 3 is 2.09 bits per heavy atom. The minimum Gasteiger partial charge on any atom is -0.507 e. The Kier molecular flexibility index (Phi) is 9.36. The summed E-state index contributed by atoms with van der Waals surface area (Å²) in [6.45, 7) is 4.17. The lowest BCUT2D eigenvalue weighted by atomic mass is 10.0. The maximum atomic E-state index is 9.94. The van der Waals surface area contributed by atoms with Crippen LogP contribution in [0.3, 0.4) is 0 Å². The van der Waals surface area contributed by atoms with E-state index in [1.807, 2.05) is 19.1 Å². The van der Waals surface area contributed by atoms with Gasteiger partial charge in [0, 0.05) is 5.56 Å². The smallest absolute Gasteiger partial charge is 0.125 e. The van der Waals surface area contributed by atoms with E-state index in [-0.39, 0.29) is 5.75 Å². The Hall–Kier alpha value is -1.51. The number of phenols is 1. The Bertz CT molecular complexity index is 455. The van der Waals surface area contributed by atoms with E-state index in [9.17, 15) is 10.3 Å². The zero-order valence-corrected chi connectivity index (χ0v) is 14.1. The molecule has 3 heteroatoms. The van der Waals surface area contributed by atoms with Gasteiger partial charge in [0.2, 0.25) is 0 Å². The third kappa shape index (κ3) is 6.97. The molecule has 0 aliphatic rings. The van der Waals surface area contributed by atoms with Crippen molar-refractivity contribution < 1.29 is 10.3 Å². The summed E-state index contributed by atoms with van der Waals surface area (Å²) in [6, 6.07) is 5.46. The van der Waals surface area contributed by atoms with E-state index in [4.69, 9.17) is 0 Å². The molecule has 0 fully saturated rings. The van der Waals surface area contributed by atoms with E-state index in [0.717, 1.165) is 18.4 Å². The molecule has 0 aliphatic carbocycles. The Labute approximate surface area is 135 Å². The van der Waals surface area contributed by atoms with Crippen LogP contribution in [-0.2, 0) is 0 Å². The molecule has 22 heavy (non-hydrogen) atoms. The van der Waals surface area contributed by atoms with Gasteiger partial charge in [0.05, 0.1) is 5.71 Å². The standard InChI is InChI=1S/C19H31NO2/c1-3-4-5-6-7-8-9-10-11-12-18(20-22)17-14-13-16(2)15-19(17)21/h13-15,21-22H,3-12H2,1-2H3/b20-18-. The van der Waals surface area contributed by atoms with Crippen LogP contribution in [0.1, 0.15) is 82.3 Å².